The van der Waals surface area contributed by atoms with Crippen LogP contribution in [0.4, 0.5) is 0 Å². The summed E-state index contributed by atoms with van der Waals surface area (Å²) in [4.78, 5) is 0.352. The Hall–Kier alpha value is -0.910. The van der Waals surface area contributed by atoms with Crippen molar-refractivity contribution in [2.75, 3.05) is 13.1 Å². The van der Waals surface area contributed by atoms with E-state index in [0.29, 0.717) is 29.8 Å². The number of nitrogens with one attached hydrogen (secondary N) is 1. The van der Waals surface area contributed by atoms with Crippen LogP contribution in [0.5, 0.6) is 0 Å². The molecule has 1 aliphatic rings. The van der Waals surface area contributed by atoms with Crippen LogP contribution in [0, 0.1) is 11.8 Å². The zero-order chi connectivity index (χ0) is 15.3. The molecule has 0 bridgehead atoms. The zero-order valence-electron chi connectivity index (χ0n) is 12.7. The molecule has 5 heteroatoms. The minimum atomic E-state index is -3.40. The Bertz CT molecular complexity index is 540. The van der Waals surface area contributed by atoms with Crippen molar-refractivity contribution in [1.29, 1.82) is 0 Å². The molecule has 1 aliphatic carbocycles. The topological polar surface area (TPSA) is 72.2 Å². The van der Waals surface area contributed by atoms with E-state index in [1.807, 2.05) is 12.1 Å². The van der Waals surface area contributed by atoms with Gasteiger partial charge in [0, 0.05) is 6.54 Å². The summed E-state index contributed by atoms with van der Waals surface area (Å²) in [7, 11) is -3.40. The van der Waals surface area contributed by atoms with Crippen LogP contribution in [0.2, 0.25) is 0 Å². The van der Waals surface area contributed by atoms with Gasteiger partial charge in [0.15, 0.2) is 0 Å². The molecule has 3 N–H and O–H groups in total. The van der Waals surface area contributed by atoms with Gasteiger partial charge in [-0.3, -0.25) is 0 Å². The number of nitrogens with two attached hydrogens (primary N) is 1. The average molecular weight is 310 g/mol. The third-order valence-corrected chi connectivity index (χ3v) is 5.87. The molecule has 0 aromatic heterocycles. The van der Waals surface area contributed by atoms with E-state index < -0.39 is 10.0 Å². The highest BCUT2D eigenvalue weighted by Gasteiger charge is 2.27. The normalized spacial score (nSPS) is 22.6. The van der Waals surface area contributed by atoms with E-state index in [2.05, 4.69) is 11.6 Å². The predicted octanol–water partition coefficient (Wildman–Crippen LogP) is 2.29. The second-order valence-corrected chi connectivity index (χ2v) is 7.70. The summed E-state index contributed by atoms with van der Waals surface area (Å²) in [6.07, 6.45) is 5.38. The highest BCUT2D eigenvalue weighted by molar-refractivity contribution is 7.89. The van der Waals surface area contributed by atoms with Crippen molar-refractivity contribution in [3.63, 3.8) is 0 Å². The van der Waals surface area contributed by atoms with E-state index in [0.717, 1.165) is 32.1 Å². The Balaban J connectivity index is 1.97. The molecule has 118 valence electrons. The molecule has 0 amide bonds. The van der Waals surface area contributed by atoms with E-state index in [1.54, 1.807) is 12.1 Å². The van der Waals surface area contributed by atoms with Crippen molar-refractivity contribution in [3.05, 3.63) is 29.8 Å². The van der Waals surface area contributed by atoms with Crippen LogP contribution in [-0.4, -0.2) is 21.5 Å². The molecule has 0 heterocycles. The molecule has 0 saturated heterocycles. The van der Waals surface area contributed by atoms with E-state index in [4.69, 9.17) is 5.73 Å². The Kier molecular flexibility index (Phi) is 5.79. The smallest absolute Gasteiger partial charge is 0.240 e. The molecule has 2 unspecified atom stereocenters. The number of hydrogen-bond acceptors (Lipinski definition) is 3. The van der Waals surface area contributed by atoms with Gasteiger partial charge in [-0.15, -0.1) is 0 Å². The lowest BCUT2D eigenvalue weighted by Gasteiger charge is -2.18. The standard InChI is InChI=1S/C16H26N2O2S/c1-2-4-13-7-9-16(10-8-13)21(19,20)18-12-15-6-3-5-14(15)11-17/h7-10,14-15,18H,2-6,11-12,17H2,1H3. The summed E-state index contributed by atoms with van der Waals surface area (Å²) in [6.45, 7) is 3.26. The van der Waals surface area contributed by atoms with Gasteiger partial charge in [0.2, 0.25) is 10.0 Å². The van der Waals surface area contributed by atoms with Crippen molar-refractivity contribution in [2.24, 2.45) is 17.6 Å². The lowest BCUT2D eigenvalue weighted by Crippen LogP contribution is -2.32. The average Bonchev–Trinajstić information content (AvgIpc) is 2.94. The maximum atomic E-state index is 12.3. The van der Waals surface area contributed by atoms with E-state index in [1.165, 1.54) is 5.56 Å². The summed E-state index contributed by atoms with van der Waals surface area (Å²) in [5.74, 6) is 0.837. The van der Waals surface area contributed by atoms with E-state index in [-0.39, 0.29) is 0 Å². The summed E-state index contributed by atoms with van der Waals surface area (Å²) < 4.78 is 27.4. The third-order valence-electron chi connectivity index (χ3n) is 4.43. The number of benzene rings is 1. The fraction of sp³-hybridized carbons (Fsp3) is 0.625. The first-order valence-corrected chi connectivity index (χ1v) is 9.33. The number of rotatable bonds is 7. The van der Waals surface area contributed by atoms with Gasteiger partial charge in [-0.25, -0.2) is 13.1 Å². The van der Waals surface area contributed by atoms with Gasteiger partial charge in [-0.05, 0) is 55.3 Å². The minimum Gasteiger partial charge on any atom is -0.330 e. The number of aryl methyl sites for hydroxylation is 1. The van der Waals surface area contributed by atoms with Gasteiger partial charge in [0.1, 0.15) is 0 Å². The molecule has 21 heavy (non-hydrogen) atoms. The Morgan fingerprint density at radius 2 is 1.86 bits per heavy atom. The van der Waals surface area contributed by atoms with Gasteiger partial charge < -0.3 is 5.73 Å². The van der Waals surface area contributed by atoms with Crippen molar-refractivity contribution in [3.8, 4) is 0 Å². The maximum Gasteiger partial charge on any atom is 0.240 e. The monoisotopic (exact) mass is 310 g/mol. The van der Waals surface area contributed by atoms with Crippen molar-refractivity contribution < 1.29 is 8.42 Å². The van der Waals surface area contributed by atoms with Crippen LogP contribution in [0.1, 0.15) is 38.2 Å². The first-order chi connectivity index (χ1) is 10.1. The maximum absolute atomic E-state index is 12.3. The second kappa shape index (κ2) is 7.38. The molecule has 1 fully saturated rings. The van der Waals surface area contributed by atoms with Crippen LogP contribution >= 0.6 is 0 Å². The quantitative estimate of drug-likeness (QED) is 0.811. The largest absolute Gasteiger partial charge is 0.330 e. The Morgan fingerprint density at radius 3 is 2.48 bits per heavy atom. The van der Waals surface area contributed by atoms with Crippen LogP contribution in [-0.2, 0) is 16.4 Å². The summed E-state index contributed by atoms with van der Waals surface area (Å²) in [5.41, 5.74) is 6.92. The molecule has 2 atom stereocenters. The molecule has 1 aromatic carbocycles. The Morgan fingerprint density at radius 1 is 1.19 bits per heavy atom. The van der Waals surface area contributed by atoms with Gasteiger partial charge >= 0.3 is 0 Å². The van der Waals surface area contributed by atoms with Crippen molar-refractivity contribution in [1.82, 2.24) is 4.72 Å². The molecule has 0 aliphatic heterocycles. The molecule has 4 nitrogen and oxygen atoms in total. The highest BCUT2D eigenvalue weighted by atomic mass is 32.2. The number of sulfonamides is 1. The van der Waals surface area contributed by atoms with Crippen LogP contribution < -0.4 is 10.5 Å². The first kappa shape index (κ1) is 16.5. The summed E-state index contributed by atoms with van der Waals surface area (Å²) >= 11 is 0. The second-order valence-electron chi connectivity index (χ2n) is 5.93. The zero-order valence-corrected chi connectivity index (χ0v) is 13.5. The molecule has 2 rings (SSSR count). The van der Waals surface area contributed by atoms with Crippen molar-refractivity contribution in [2.45, 2.75) is 43.9 Å². The van der Waals surface area contributed by atoms with Gasteiger partial charge in [0.25, 0.3) is 0 Å². The molecule has 1 saturated carbocycles. The lowest BCUT2D eigenvalue weighted by molar-refractivity contribution is 0.393. The van der Waals surface area contributed by atoms with Crippen LogP contribution in [0.15, 0.2) is 29.2 Å². The fourth-order valence-electron chi connectivity index (χ4n) is 3.12. The minimum absolute atomic E-state index is 0.352. The van der Waals surface area contributed by atoms with Crippen LogP contribution in [0.3, 0.4) is 0 Å². The SMILES string of the molecule is CCCc1ccc(S(=O)(=O)NCC2CCCC2CN)cc1. The molecule has 1 aromatic rings. The van der Waals surface area contributed by atoms with Gasteiger partial charge in [-0.2, -0.15) is 0 Å². The highest BCUT2D eigenvalue weighted by Crippen LogP contribution is 2.30. The van der Waals surface area contributed by atoms with Crippen LogP contribution in [0.25, 0.3) is 0 Å². The lowest BCUT2D eigenvalue weighted by atomic mass is 9.97. The predicted molar refractivity (Wildman–Crippen MR) is 85.5 cm³/mol. The fourth-order valence-corrected chi connectivity index (χ4v) is 4.21. The summed E-state index contributed by atoms with van der Waals surface area (Å²) in [6, 6.07) is 7.19. The van der Waals surface area contributed by atoms with Gasteiger partial charge in [0.05, 0.1) is 4.90 Å². The molecular weight excluding hydrogens is 284 g/mol. The molecule has 0 radical (unpaired) electrons. The third kappa shape index (κ3) is 4.28. The van der Waals surface area contributed by atoms with E-state index >= 15 is 0 Å². The van der Waals surface area contributed by atoms with E-state index in [9.17, 15) is 8.42 Å². The van der Waals surface area contributed by atoms with Crippen molar-refractivity contribution >= 4 is 10.0 Å². The van der Waals surface area contributed by atoms with Gasteiger partial charge in [-0.1, -0.05) is 31.9 Å². The first-order valence-electron chi connectivity index (χ1n) is 7.85. The number of hydrogen-bond donors (Lipinski definition) is 2. The molecule has 0 spiro atoms. The Labute approximate surface area is 128 Å². The summed E-state index contributed by atoms with van der Waals surface area (Å²) in [5, 5.41) is 0. The molecular formula is C16H26N2O2S.